The van der Waals surface area contributed by atoms with Crippen LogP contribution in [0.3, 0.4) is 0 Å². The van der Waals surface area contributed by atoms with Crippen molar-refractivity contribution in [2.45, 2.75) is 53.4 Å². The molecule has 0 aliphatic heterocycles. The third-order valence-electron chi connectivity index (χ3n) is 3.30. The standard InChI is InChI=1S/C15H28O3/c1-5-14(4)15(17)18-10-9-12(2)7-6-8-13(3)11-16/h5,12-13,16H,6-11H2,1-4H3/b14-5+. The van der Waals surface area contributed by atoms with Crippen LogP contribution in [0.1, 0.15) is 53.4 Å². The number of rotatable bonds is 9. The molecule has 0 aromatic carbocycles. The van der Waals surface area contributed by atoms with E-state index in [4.69, 9.17) is 9.84 Å². The quantitative estimate of drug-likeness (QED) is 0.508. The molecule has 0 fully saturated rings. The lowest BCUT2D eigenvalue weighted by molar-refractivity contribution is -0.139. The first-order chi connectivity index (χ1) is 8.51. The van der Waals surface area contributed by atoms with Gasteiger partial charge in [-0.05, 0) is 38.5 Å². The Labute approximate surface area is 111 Å². The van der Waals surface area contributed by atoms with Gasteiger partial charge >= 0.3 is 5.97 Å². The zero-order chi connectivity index (χ0) is 14.0. The molecule has 0 amide bonds. The van der Waals surface area contributed by atoms with E-state index in [1.54, 1.807) is 13.0 Å². The van der Waals surface area contributed by atoms with Crippen LogP contribution in [-0.4, -0.2) is 24.3 Å². The summed E-state index contributed by atoms with van der Waals surface area (Å²) in [5.74, 6) is 0.751. The Morgan fingerprint density at radius 3 is 2.39 bits per heavy atom. The fourth-order valence-corrected chi connectivity index (χ4v) is 1.63. The van der Waals surface area contributed by atoms with Crippen molar-refractivity contribution in [3.63, 3.8) is 0 Å². The van der Waals surface area contributed by atoms with Crippen LogP contribution in [0, 0.1) is 11.8 Å². The molecule has 0 aliphatic carbocycles. The van der Waals surface area contributed by atoms with Gasteiger partial charge in [0.1, 0.15) is 0 Å². The molecule has 0 radical (unpaired) electrons. The van der Waals surface area contributed by atoms with E-state index < -0.39 is 0 Å². The normalized spacial score (nSPS) is 15.3. The third kappa shape index (κ3) is 8.29. The molecule has 18 heavy (non-hydrogen) atoms. The fourth-order valence-electron chi connectivity index (χ4n) is 1.63. The van der Waals surface area contributed by atoms with E-state index in [2.05, 4.69) is 13.8 Å². The molecule has 1 N–H and O–H groups in total. The van der Waals surface area contributed by atoms with Gasteiger partial charge in [0.05, 0.1) is 6.61 Å². The van der Waals surface area contributed by atoms with Crippen LogP contribution in [0.25, 0.3) is 0 Å². The average Bonchev–Trinajstić information content (AvgIpc) is 2.37. The number of carbonyl (C=O) groups is 1. The molecule has 3 heteroatoms. The average molecular weight is 256 g/mol. The van der Waals surface area contributed by atoms with Gasteiger partial charge in [0.2, 0.25) is 0 Å². The fraction of sp³-hybridized carbons (Fsp3) is 0.800. The summed E-state index contributed by atoms with van der Waals surface area (Å²) in [5, 5.41) is 8.92. The van der Waals surface area contributed by atoms with E-state index in [1.807, 2.05) is 6.92 Å². The SMILES string of the molecule is C/C=C(\C)C(=O)OCCC(C)CCCC(C)CO. The number of carbonyl (C=O) groups excluding carboxylic acids is 1. The van der Waals surface area contributed by atoms with Gasteiger partial charge in [-0.2, -0.15) is 0 Å². The van der Waals surface area contributed by atoms with Gasteiger partial charge < -0.3 is 9.84 Å². The summed E-state index contributed by atoms with van der Waals surface area (Å²) in [6.45, 7) is 8.62. The Morgan fingerprint density at radius 2 is 1.83 bits per heavy atom. The van der Waals surface area contributed by atoms with Crippen molar-refractivity contribution in [3.05, 3.63) is 11.6 Å². The second kappa shape index (κ2) is 10.1. The second-order valence-corrected chi connectivity index (χ2v) is 5.22. The maximum absolute atomic E-state index is 11.4. The van der Waals surface area contributed by atoms with E-state index in [1.165, 1.54) is 0 Å². The van der Waals surface area contributed by atoms with Gasteiger partial charge in [-0.25, -0.2) is 4.79 Å². The van der Waals surface area contributed by atoms with Crippen molar-refractivity contribution in [1.82, 2.24) is 0 Å². The number of ether oxygens (including phenoxy) is 1. The maximum atomic E-state index is 11.4. The van der Waals surface area contributed by atoms with Crippen molar-refractivity contribution in [2.24, 2.45) is 11.8 Å². The monoisotopic (exact) mass is 256 g/mol. The van der Waals surface area contributed by atoms with Crippen molar-refractivity contribution in [2.75, 3.05) is 13.2 Å². The number of aliphatic hydroxyl groups excluding tert-OH is 1. The molecule has 0 aromatic heterocycles. The first kappa shape index (κ1) is 17.2. The van der Waals surface area contributed by atoms with Gasteiger partial charge in [0.25, 0.3) is 0 Å². The van der Waals surface area contributed by atoms with E-state index in [0.717, 1.165) is 25.7 Å². The van der Waals surface area contributed by atoms with Gasteiger partial charge in [-0.3, -0.25) is 0 Å². The molecule has 0 heterocycles. The Balaban J connectivity index is 3.59. The molecule has 2 unspecified atom stereocenters. The molecular weight excluding hydrogens is 228 g/mol. The third-order valence-corrected chi connectivity index (χ3v) is 3.30. The van der Waals surface area contributed by atoms with Gasteiger partial charge in [-0.15, -0.1) is 0 Å². The van der Waals surface area contributed by atoms with Gasteiger partial charge in [0, 0.05) is 12.2 Å². The minimum absolute atomic E-state index is 0.210. The number of aliphatic hydroxyl groups is 1. The van der Waals surface area contributed by atoms with Gasteiger partial charge in [0.15, 0.2) is 0 Å². The molecule has 0 aromatic rings. The zero-order valence-corrected chi connectivity index (χ0v) is 12.2. The number of esters is 1. The molecular formula is C15H28O3. The van der Waals surface area contributed by atoms with E-state index in [9.17, 15) is 4.79 Å². The van der Waals surface area contributed by atoms with Crippen LogP contribution >= 0.6 is 0 Å². The molecule has 3 nitrogen and oxygen atoms in total. The highest BCUT2D eigenvalue weighted by Gasteiger charge is 2.08. The van der Waals surface area contributed by atoms with Crippen molar-refractivity contribution < 1.29 is 14.6 Å². The lowest BCUT2D eigenvalue weighted by Gasteiger charge is -2.13. The first-order valence-electron chi connectivity index (χ1n) is 6.92. The molecule has 0 saturated heterocycles. The molecule has 0 aliphatic rings. The van der Waals surface area contributed by atoms with Crippen LogP contribution in [-0.2, 0) is 9.53 Å². The highest BCUT2D eigenvalue weighted by atomic mass is 16.5. The highest BCUT2D eigenvalue weighted by molar-refractivity contribution is 5.87. The van der Waals surface area contributed by atoms with Crippen molar-refractivity contribution in [3.8, 4) is 0 Å². The summed E-state index contributed by atoms with van der Waals surface area (Å²) in [6, 6.07) is 0. The molecule has 0 saturated carbocycles. The van der Waals surface area contributed by atoms with E-state index in [0.29, 0.717) is 24.0 Å². The van der Waals surface area contributed by atoms with Crippen LogP contribution in [0.2, 0.25) is 0 Å². The van der Waals surface area contributed by atoms with Crippen LogP contribution in [0.4, 0.5) is 0 Å². The van der Waals surface area contributed by atoms with Gasteiger partial charge in [-0.1, -0.05) is 32.8 Å². The predicted molar refractivity (Wildman–Crippen MR) is 74.3 cm³/mol. The Morgan fingerprint density at radius 1 is 1.22 bits per heavy atom. The van der Waals surface area contributed by atoms with Crippen molar-refractivity contribution >= 4 is 5.97 Å². The molecule has 0 spiro atoms. The van der Waals surface area contributed by atoms with E-state index >= 15 is 0 Å². The number of allylic oxidation sites excluding steroid dienone is 1. The summed E-state index contributed by atoms with van der Waals surface area (Å²) in [6.07, 6.45) is 6.01. The van der Waals surface area contributed by atoms with E-state index in [-0.39, 0.29) is 12.6 Å². The summed E-state index contributed by atoms with van der Waals surface area (Å²) < 4.78 is 5.17. The largest absolute Gasteiger partial charge is 0.462 e. The molecule has 106 valence electrons. The summed E-state index contributed by atoms with van der Waals surface area (Å²) in [7, 11) is 0. The molecule has 0 rings (SSSR count). The van der Waals surface area contributed by atoms with Crippen LogP contribution in [0.15, 0.2) is 11.6 Å². The highest BCUT2D eigenvalue weighted by Crippen LogP contribution is 2.15. The predicted octanol–water partition coefficient (Wildman–Crippen LogP) is 3.32. The summed E-state index contributed by atoms with van der Waals surface area (Å²) >= 11 is 0. The minimum Gasteiger partial charge on any atom is -0.462 e. The van der Waals surface area contributed by atoms with Crippen LogP contribution < -0.4 is 0 Å². The number of hydrogen-bond acceptors (Lipinski definition) is 3. The Kier molecular flexibility index (Phi) is 9.66. The lowest BCUT2D eigenvalue weighted by Crippen LogP contribution is -2.10. The molecule has 2 atom stereocenters. The molecule has 0 bridgehead atoms. The number of hydrogen-bond donors (Lipinski definition) is 1. The summed E-state index contributed by atoms with van der Waals surface area (Å²) in [4.78, 5) is 11.4. The zero-order valence-electron chi connectivity index (χ0n) is 12.2. The summed E-state index contributed by atoms with van der Waals surface area (Å²) in [5.41, 5.74) is 0.666. The maximum Gasteiger partial charge on any atom is 0.333 e. The Bertz CT molecular complexity index is 258. The smallest absolute Gasteiger partial charge is 0.333 e. The topological polar surface area (TPSA) is 46.5 Å². The first-order valence-corrected chi connectivity index (χ1v) is 6.92. The lowest BCUT2D eigenvalue weighted by atomic mass is 9.97. The second-order valence-electron chi connectivity index (χ2n) is 5.22. The Hall–Kier alpha value is -0.830. The van der Waals surface area contributed by atoms with Crippen molar-refractivity contribution in [1.29, 1.82) is 0 Å². The van der Waals surface area contributed by atoms with Crippen LogP contribution in [0.5, 0.6) is 0 Å². The minimum atomic E-state index is -0.210.